The molecule has 4 rings (SSSR count). The Kier molecular flexibility index (Phi) is 5.44. The number of aryl methyl sites for hydroxylation is 1. The second-order valence-electron chi connectivity index (χ2n) is 6.95. The van der Waals surface area contributed by atoms with Gasteiger partial charge in [-0.2, -0.15) is 0 Å². The number of aromatic nitrogens is 1. The van der Waals surface area contributed by atoms with Crippen LogP contribution in [0.3, 0.4) is 0 Å². The van der Waals surface area contributed by atoms with Gasteiger partial charge in [-0.05, 0) is 66.5 Å². The fourth-order valence-electron chi connectivity index (χ4n) is 3.20. The Morgan fingerprint density at radius 1 is 1.07 bits per heavy atom. The Labute approximate surface area is 174 Å². The zero-order chi connectivity index (χ0) is 20.2. The molecule has 0 fully saturated rings. The quantitative estimate of drug-likeness (QED) is 0.468. The number of para-hydroxylation sites is 1. The van der Waals surface area contributed by atoms with Gasteiger partial charge in [0, 0.05) is 16.8 Å². The number of anilines is 1. The summed E-state index contributed by atoms with van der Waals surface area (Å²) < 4.78 is 5.50. The van der Waals surface area contributed by atoms with Gasteiger partial charge in [-0.15, -0.1) is 0 Å². The molecule has 0 atom stereocenters. The largest absolute Gasteiger partial charge is 0.467 e. The maximum Gasteiger partial charge on any atom is 0.253 e. The SMILES string of the molecule is Cc1ccc2cc(CN(Cc3ccco3)C(=S)Nc3ccccc3)c(=O)[nH]c2c1. The van der Waals surface area contributed by atoms with Crippen LogP contribution < -0.4 is 10.9 Å². The van der Waals surface area contributed by atoms with Crippen LogP contribution in [0.25, 0.3) is 10.9 Å². The second kappa shape index (κ2) is 8.32. The molecule has 4 aromatic rings. The summed E-state index contributed by atoms with van der Waals surface area (Å²) in [5.74, 6) is 0.773. The molecule has 0 aliphatic carbocycles. The summed E-state index contributed by atoms with van der Waals surface area (Å²) >= 11 is 5.65. The van der Waals surface area contributed by atoms with Gasteiger partial charge in [-0.25, -0.2) is 0 Å². The predicted octanol–water partition coefficient (Wildman–Crippen LogP) is 4.83. The van der Waals surface area contributed by atoms with E-state index in [4.69, 9.17) is 16.6 Å². The zero-order valence-electron chi connectivity index (χ0n) is 16.0. The van der Waals surface area contributed by atoms with Gasteiger partial charge < -0.3 is 19.6 Å². The summed E-state index contributed by atoms with van der Waals surface area (Å²) in [6, 6.07) is 21.4. The second-order valence-corrected chi connectivity index (χ2v) is 7.33. The van der Waals surface area contributed by atoms with Crippen LogP contribution in [-0.4, -0.2) is 15.0 Å². The zero-order valence-corrected chi connectivity index (χ0v) is 16.8. The van der Waals surface area contributed by atoms with Crippen LogP contribution in [0.15, 0.2) is 82.2 Å². The number of furan rings is 1. The summed E-state index contributed by atoms with van der Waals surface area (Å²) in [6.45, 7) is 2.82. The maximum atomic E-state index is 12.7. The van der Waals surface area contributed by atoms with Crippen molar-refractivity contribution >= 4 is 33.9 Å². The molecule has 0 aliphatic heterocycles. The van der Waals surface area contributed by atoms with Crippen molar-refractivity contribution in [3.8, 4) is 0 Å². The van der Waals surface area contributed by atoms with E-state index in [2.05, 4.69) is 10.3 Å². The summed E-state index contributed by atoms with van der Waals surface area (Å²) in [5, 5.41) is 4.76. The van der Waals surface area contributed by atoms with Gasteiger partial charge in [-0.1, -0.05) is 30.3 Å². The first-order chi connectivity index (χ1) is 14.1. The smallest absolute Gasteiger partial charge is 0.253 e. The molecule has 0 saturated heterocycles. The van der Waals surface area contributed by atoms with Gasteiger partial charge >= 0.3 is 0 Å². The van der Waals surface area contributed by atoms with Crippen molar-refractivity contribution < 1.29 is 4.42 Å². The molecule has 2 N–H and O–H groups in total. The van der Waals surface area contributed by atoms with Crippen LogP contribution in [0.2, 0.25) is 0 Å². The van der Waals surface area contributed by atoms with E-state index in [1.165, 1.54) is 0 Å². The van der Waals surface area contributed by atoms with E-state index in [1.54, 1.807) is 6.26 Å². The predicted molar refractivity (Wildman–Crippen MR) is 120 cm³/mol. The minimum absolute atomic E-state index is 0.116. The molecule has 6 heteroatoms. The van der Waals surface area contributed by atoms with E-state index in [0.29, 0.717) is 23.8 Å². The first-order valence-corrected chi connectivity index (χ1v) is 9.75. The standard InChI is InChI=1S/C23H21N3O2S/c1-16-9-10-17-13-18(22(27)25-21(17)12-16)14-26(15-20-8-5-11-28-20)23(29)24-19-6-3-2-4-7-19/h2-13H,14-15H2,1H3,(H,24,29)(H,25,27). The normalized spacial score (nSPS) is 10.8. The fourth-order valence-corrected chi connectivity index (χ4v) is 3.44. The third kappa shape index (κ3) is 4.55. The van der Waals surface area contributed by atoms with Crippen molar-refractivity contribution in [2.75, 3.05) is 5.32 Å². The lowest BCUT2D eigenvalue weighted by Crippen LogP contribution is -2.35. The van der Waals surface area contributed by atoms with E-state index in [1.807, 2.05) is 78.6 Å². The highest BCUT2D eigenvalue weighted by Crippen LogP contribution is 2.16. The molecule has 0 saturated carbocycles. The van der Waals surface area contributed by atoms with Crippen molar-refractivity contribution in [3.05, 3.63) is 100 Å². The molecule has 5 nitrogen and oxygen atoms in total. The number of pyridine rings is 1. The molecule has 146 valence electrons. The monoisotopic (exact) mass is 403 g/mol. The Bertz CT molecular complexity index is 1180. The van der Waals surface area contributed by atoms with Crippen LogP contribution in [0, 0.1) is 6.92 Å². The molecule has 29 heavy (non-hydrogen) atoms. The minimum Gasteiger partial charge on any atom is -0.467 e. The van der Waals surface area contributed by atoms with Gasteiger partial charge in [0.05, 0.1) is 19.4 Å². The first kappa shape index (κ1) is 19.0. The Morgan fingerprint density at radius 3 is 2.66 bits per heavy atom. The number of aromatic amines is 1. The Morgan fingerprint density at radius 2 is 1.90 bits per heavy atom. The lowest BCUT2D eigenvalue weighted by Gasteiger charge is -2.25. The van der Waals surface area contributed by atoms with Gasteiger partial charge in [0.15, 0.2) is 5.11 Å². The van der Waals surface area contributed by atoms with Gasteiger partial charge in [0.25, 0.3) is 5.56 Å². The van der Waals surface area contributed by atoms with Crippen LogP contribution in [0.4, 0.5) is 5.69 Å². The van der Waals surface area contributed by atoms with E-state index in [-0.39, 0.29) is 5.56 Å². The summed E-state index contributed by atoms with van der Waals surface area (Å²) in [5.41, 5.74) is 3.36. The van der Waals surface area contributed by atoms with Crippen LogP contribution >= 0.6 is 12.2 Å². The number of rotatable bonds is 5. The average Bonchev–Trinajstić information content (AvgIpc) is 3.22. The van der Waals surface area contributed by atoms with Crippen molar-refractivity contribution in [3.63, 3.8) is 0 Å². The van der Waals surface area contributed by atoms with Gasteiger partial charge in [0.2, 0.25) is 0 Å². The number of hydrogen-bond donors (Lipinski definition) is 2. The van der Waals surface area contributed by atoms with Crippen molar-refractivity contribution in [1.29, 1.82) is 0 Å². The maximum absolute atomic E-state index is 12.7. The molecular formula is C23H21N3O2S. The number of thiocarbonyl (C=S) groups is 1. The van der Waals surface area contributed by atoms with E-state index >= 15 is 0 Å². The summed E-state index contributed by atoms with van der Waals surface area (Å²) in [4.78, 5) is 17.6. The topological polar surface area (TPSA) is 61.3 Å². The third-order valence-corrected chi connectivity index (χ3v) is 5.04. The number of benzene rings is 2. The first-order valence-electron chi connectivity index (χ1n) is 9.34. The summed E-state index contributed by atoms with van der Waals surface area (Å²) in [7, 11) is 0. The molecule has 0 amide bonds. The average molecular weight is 404 g/mol. The lowest BCUT2D eigenvalue weighted by atomic mass is 10.1. The Hall–Kier alpha value is -3.38. The molecule has 2 aromatic heterocycles. The molecule has 0 radical (unpaired) electrons. The molecule has 2 aromatic carbocycles. The van der Waals surface area contributed by atoms with Crippen LogP contribution in [-0.2, 0) is 13.1 Å². The van der Waals surface area contributed by atoms with Crippen molar-refractivity contribution in [1.82, 2.24) is 9.88 Å². The minimum atomic E-state index is -0.116. The number of nitrogens with zero attached hydrogens (tertiary/aromatic N) is 1. The van der Waals surface area contributed by atoms with E-state index < -0.39 is 0 Å². The highest BCUT2D eigenvalue weighted by molar-refractivity contribution is 7.80. The number of fused-ring (bicyclic) bond motifs is 1. The number of hydrogen-bond acceptors (Lipinski definition) is 3. The molecular weight excluding hydrogens is 382 g/mol. The molecule has 0 bridgehead atoms. The molecule has 0 unspecified atom stereocenters. The van der Waals surface area contributed by atoms with Gasteiger partial charge in [-0.3, -0.25) is 4.79 Å². The Balaban J connectivity index is 1.63. The van der Waals surface area contributed by atoms with Crippen molar-refractivity contribution in [2.45, 2.75) is 20.0 Å². The molecule has 2 heterocycles. The van der Waals surface area contributed by atoms with Crippen molar-refractivity contribution in [2.24, 2.45) is 0 Å². The number of nitrogens with one attached hydrogen (secondary N) is 2. The fraction of sp³-hybridized carbons (Fsp3) is 0.130. The van der Waals surface area contributed by atoms with Gasteiger partial charge in [0.1, 0.15) is 5.76 Å². The molecule has 0 spiro atoms. The van der Waals surface area contributed by atoms with E-state index in [0.717, 1.165) is 27.9 Å². The van der Waals surface area contributed by atoms with Crippen LogP contribution in [0.1, 0.15) is 16.9 Å². The highest BCUT2D eigenvalue weighted by atomic mass is 32.1. The number of H-pyrrole nitrogens is 1. The van der Waals surface area contributed by atoms with Crippen LogP contribution in [0.5, 0.6) is 0 Å². The molecule has 0 aliphatic rings. The third-order valence-electron chi connectivity index (χ3n) is 4.68. The van der Waals surface area contributed by atoms with E-state index in [9.17, 15) is 4.79 Å². The lowest BCUT2D eigenvalue weighted by molar-refractivity contribution is 0.359. The highest BCUT2D eigenvalue weighted by Gasteiger charge is 2.15. The summed E-state index contributed by atoms with van der Waals surface area (Å²) in [6.07, 6.45) is 1.63.